The largest absolute Gasteiger partial charge is 0.368 e. The molecular weight excluding hydrogens is 254 g/mol. The minimum Gasteiger partial charge on any atom is -0.368 e. The summed E-state index contributed by atoms with van der Waals surface area (Å²) in [6, 6.07) is 8.26. The van der Waals surface area contributed by atoms with Crippen LogP contribution in [0.5, 0.6) is 0 Å². The van der Waals surface area contributed by atoms with E-state index in [1.54, 1.807) is 6.20 Å². The van der Waals surface area contributed by atoms with Crippen LogP contribution < -0.4 is 5.32 Å². The van der Waals surface area contributed by atoms with Gasteiger partial charge in [0.1, 0.15) is 5.00 Å². The standard InChI is InChI=1S/C12H14ClN3S/c1-2-3-11(15-12-8-14-16-17-12)9-4-6-10(13)7-5-9/h4-8,11,15H,2-3H2,1H3. The fourth-order valence-electron chi connectivity index (χ4n) is 1.71. The molecule has 0 saturated carbocycles. The van der Waals surface area contributed by atoms with Gasteiger partial charge < -0.3 is 5.32 Å². The second kappa shape index (κ2) is 5.98. The predicted octanol–water partition coefficient (Wildman–Crippen LogP) is 4.14. The van der Waals surface area contributed by atoms with Crippen LogP contribution in [0.2, 0.25) is 5.02 Å². The van der Waals surface area contributed by atoms with Crippen molar-refractivity contribution in [2.75, 3.05) is 5.32 Å². The summed E-state index contributed by atoms with van der Waals surface area (Å²) < 4.78 is 3.85. The Kier molecular flexibility index (Phi) is 4.34. The Labute approximate surface area is 110 Å². The molecule has 2 aromatic rings. The zero-order valence-corrected chi connectivity index (χ0v) is 11.1. The van der Waals surface area contributed by atoms with Gasteiger partial charge in [-0.1, -0.05) is 41.6 Å². The number of nitrogens with one attached hydrogen (secondary N) is 1. The third kappa shape index (κ3) is 3.41. The van der Waals surface area contributed by atoms with E-state index in [0.29, 0.717) is 6.04 Å². The van der Waals surface area contributed by atoms with Gasteiger partial charge in [-0.25, -0.2) is 0 Å². The molecular formula is C12H14ClN3S. The zero-order valence-electron chi connectivity index (χ0n) is 9.56. The summed E-state index contributed by atoms with van der Waals surface area (Å²) in [7, 11) is 0. The molecule has 0 spiro atoms. The van der Waals surface area contributed by atoms with Gasteiger partial charge in [0.05, 0.1) is 12.2 Å². The van der Waals surface area contributed by atoms with Crippen molar-refractivity contribution in [3.8, 4) is 0 Å². The predicted molar refractivity (Wildman–Crippen MR) is 72.6 cm³/mol. The van der Waals surface area contributed by atoms with Crippen molar-refractivity contribution < 1.29 is 0 Å². The fraction of sp³-hybridized carbons (Fsp3) is 0.333. The van der Waals surface area contributed by atoms with E-state index in [-0.39, 0.29) is 0 Å². The van der Waals surface area contributed by atoms with E-state index >= 15 is 0 Å². The number of anilines is 1. The molecule has 3 nitrogen and oxygen atoms in total. The summed E-state index contributed by atoms with van der Waals surface area (Å²) in [6.45, 7) is 2.18. The molecule has 0 saturated heterocycles. The van der Waals surface area contributed by atoms with Crippen LogP contribution in [0.3, 0.4) is 0 Å². The number of rotatable bonds is 5. The third-order valence-electron chi connectivity index (χ3n) is 2.53. The number of aromatic nitrogens is 2. The molecule has 0 radical (unpaired) electrons. The Bertz CT molecular complexity index is 441. The first-order valence-electron chi connectivity index (χ1n) is 5.59. The number of hydrogen-bond donors (Lipinski definition) is 1. The van der Waals surface area contributed by atoms with Crippen LogP contribution in [0.25, 0.3) is 0 Å². The van der Waals surface area contributed by atoms with Crippen LogP contribution in [0.4, 0.5) is 5.00 Å². The van der Waals surface area contributed by atoms with E-state index in [0.717, 1.165) is 22.9 Å². The van der Waals surface area contributed by atoms with Crippen molar-refractivity contribution in [2.24, 2.45) is 0 Å². The average Bonchev–Trinajstić information content (AvgIpc) is 2.82. The van der Waals surface area contributed by atoms with Crippen molar-refractivity contribution in [3.63, 3.8) is 0 Å². The Hall–Kier alpha value is -1.13. The topological polar surface area (TPSA) is 37.8 Å². The van der Waals surface area contributed by atoms with Gasteiger partial charge in [0.15, 0.2) is 0 Å². The molecule has 1 atom stereocenters. The molecule has 1 aromatic heterocycles. The lowest BCUT2D eigenvalue weighted by Crippen LogP contribution is -2.09. The van der Waals surface area contributed by atoms with Gasteiger partial charge in [0.2, 0.25) is 0 Å². The summed E-state index contributed by atoms with van der Waals surface area (Å²) >= 11 is 7.27. The van der Waals surface area contributed by atoms with Crippen molar-refractivity contribution in [2.45, 2.75) is 25.8 Å². The smallest absolute Gasteiger partial charge is 0.130 e. The highest BCUT2D eigenvalue weighted by Gasteiger charge is 2.11. The second-order valence-electron chi connectivity index (χ2n) is 3.82. The molecule has 17 heavy (non-hydrogen) atoms. The van der Waals surface area contributed by atoms with Crippen LogP contribution >= 0.6 is 23.1 Å². The van der Waals surface area contributed by atoms with Crippen molar-refractivity contribution in [3.05, 3.63) is 41.0 Å². The van der Waals surface area contributed by atoms with Gasteiger partial charge in [-0.3, -0.25) is 0 Å². The highest BCUT2D eigenvalue weighted by atomic mass is 35.5. The lowest BCUT2D eigenvalue weighted by Gasteiger charge is -2.18. The zero-order chi connectivity index (χ0) is 12.1. The maximum absolute atomic E-state index is 5.90. The van der Waals surface area contributed by atoms with Gasteiger partial charge in [0.25, 0.3) is 0 Å². The molecule has 0 aliphatic heterocycles. The van der Waals surface area contributed by atoms with Crippen molar-refractivity contribution >= 4 is 28.1 Å². The maximum atomic E-state index is 5.90. The van der Waals surface area contributed by atoms with Gasteiger partial charge in [-0.05, 0) is 24.1 Å². The lowest BCUT2D eigenvalue weighted by molar-refractivity contribution is 0.679. The van der Waals surface area contributed by atoms with Crippen LogP contribution in [-0.2, 0) is 0 Å². The Morgan fingerprint density at radius 1 is 1.35 bits per heavy atom. The van der Waals surface area contributed by atoms with E-state index < -0.39 is 0 Å². The number of nitrogens with zero attached hydrogens (tertiary/aromatic N) is 2. The molecule has 0 amide bonds. The minimum absolute atomic E-state index is 0.291. The maximum Gasteiger partial charge on any atom is 0.130 e. The summed E-state index contributed by atoms with van der Waals surface area (Å²) in [6.07, 6.45) is 3.94. The number of benzene rings is 1. The van der Waals surface area contributed by atoms with Gasteiger partial charge >= 0.3 is 0 Å². The van der Waals surface area contributed by atoms with Crippen molar-refractivity contribution in [1.29, 1.82) is 0 Å². The summed E-state index contributed by atoms with van der Waals surface area (Å²) in [5.41, 5.74) is 1.24. The quantitative estimate of drug-likeness (QED) is 0.885. The SMILES string of the molecule is CCCC(Nc1cnns1)c1ccc(Cl)cc1. The average molecular weight is 268 g/mol. The summed E-state index contributed by atoms with van der Waals surface area (Å²) in [5, 5.41) is 9.04. The molecule has 2 rings (SSSR count). The molecule has 0 fully saturated rings. The monoisotopic (exact) mass is 267 g/mol. The molecule has 1 N–H and O–H groups in total. The van der Waals surface area contributed by atoms with E-state index in [9.17, 15) is 0 Å². The first kappa shape index (κ1) is 12.3. The van der Waals surface area contributed by atoms with Gasteiger partial charge in [-0.15, -0.1) is 5.10 Å². The van der Waals surface area contributed by atoms with Crippen LogP contribution in [-0.4, -0.2) is 9.59 Å². The Morgan fingerprint density at radius 2 is 2.12 bits per heavy atom. The molecule has 1 unspecified atom stereocenters. The minimum atomic E-state index is 0.291. The second-order valence-corrected chi connectivity index (χ2v) is 5.04. The molecule has 1 heterocycles. The highest BCUT2D eigenvalue weighted by Crippen LogP contribution is 2.26. The van der Waals surface area contributed by atoms with Crippen LogP contribution in [0.1, 0.15) is 31.4 Å². The molecule has 0 bridgehead atoms. The van der Waals surface area contributed by atoms with E-state index in [1.165, 1.54) is 17.1 Å². The molecule has 0 aliphatic rings. The number of halogens is 1. The van der Waals surface area contributed by atoms with E-state index in [1.807, 2.05) is 12.1 Å². The molecule has 5 heteroatoms. The Balaban J connectivity index is 2.13. The first-order chi connectivity index (χ1) is 8.29. The number of hydrogen-bond acceptors (Lipinski definition) is 4. The molecule has 90 valence electrons. The summed E-state index contributed by atoms with van der Waals surface area (Å²) in [4.78, 5) is 0. The third-order valence-corrected chi connectivity index (χ3v) is 3.38. The van der Waals surface area contributed by atoms with Crippen LogP contribution in [0, 0.1) is 0 Å². The normalized spacial score (nSPS) is 12.4. The fourth-order valence-corrected chi connectivity index (χ4v) is 2.31. The van der Waals surface area contributed by atoms with Crippen molar-refractivity contribution in [1.82, 2.24) is 9.59 Å². The van der Waals surface area contributed by atoms with Gasteiger partial charge in [0, 0.05) is 16.6 Å². The summed E-state index contributed by atoms with van der Waals surface area (Å²) in [5.74, 6) is 0. The molecule has 1 aromatic carbocycles. The van der Waals surface area contributed by atoms with E-state index in [2.05, 4.69) is 34.0 Å². The van der Waals surface area contributed by atoms with E-state index in [4.69, 9.17) is 11.6 Å². The lowest BCUT2D eigenvalue weighted by atomic mass is 10.0. The highest BCUT2D eigenvalue weighted by molar-refractivity contribution is 7.09. The van der Waals surface area contributed by atoms with Gasteiger partial charge in [-0.2, -0.15) is 0 Å². The van der Waals surface area contributed by atoms with Crippen LogP contribution in [0.15, 0.2) is 30.5 Å². The first-order valence-corrected chi connectivity index (χ1v) is 6.74. The Morgan fingerprint density at radius 3 is 2.71 bits per heavy atom. The molecule has 0 aliphatic carbocycles.